The minimum absolute atomic E-state index is 0.339. The van der Waals surface area contributed by atoms with Crippen LogP contribution in [0.2, 0.25) is 0 Å². The molecule has 2 aromatic carbocycles. The van der Waals surface area contributed by atoms with Crippen LogP contribution in [0.5, 0.6) is 17.2 Å². The Morgan fingerprint density at radius 2 is 1.87 bits per heavy atom. The minimum Gasteiger partial charge on any atom is -0.504 e. The van der Waals surface area contributed by atoms with Gasteiger partial charge in [0.2, 0.25) is 5.75 Å². The minimum atomic E-state index is -0.754. The number of rotatable bonds is 2. The molecule has 23 heavy (non-hydrogen) atoms. The summed E-state index contributed by atoms with van der Waals surface area (Å²) in [7, 11) is 0. The van der Waals surface area contributed by atoms with Gasteiger partial charge in [0.25, 0.3) is 0 Å². The van der Waals surface area contributed by atoms with E-state index in [1.54, 1.807) is 12.1 Å². The Bertz CT molecular complexity index is 784. The number of para-hydroxylation sites is 1. The second-order valence-corrected chi connectivity index (χ2v) is 4.60. The van der Waals surface area contributed by atoms with E-state index < -0.39 is 22.1 Å². The SMILES string of the molecule is C=O.O=[N+]([O-])c1cc(C2=CCc3ccccc3O2)cc(O)c1O. The molecule has 0 radical (unpaired) electrons. The third-order valence-corrected chi connectivity index (χ3v) is 3.25. The summed E-state index contributed by atoms with van der Waals surface area (Å²) in [5.41, 5.74) is 0.790. The first-order valence-electron chi connectivity index (χ1n) is 6.52. The predicted molar refractivity (Wildman–Crippen MR) is 82.3 cm³/mol. The summed E-state index contributed by atoms with van der Waals surface area (Å²) in [6.07, 6.45) is 2.40. The zero-order valence-corrected chi connectivity index (χ0v) is 11.9. The summed E-state index contributed by atoms with van der Waals surface area (Å²) in [6.45, 7) is 2.00. The number of nitrogens with zero attached hydrogens (tertiary/aromatic N) is 1. The number of nitro benzene ring substituents is 1. The summed E-state index contributed by atoms with van der Waals surface area (Å²) in [4.78, 5) is 18.1. The lowest BCUT2D eigenvalue weighted by Gasteiger charge is -2.18. The Morgan fingerprint density at radius 1 is 1.17 bits per heavy atom. The van der Waals surface area contributed by atoms with E-state index in [1.807, 2.05) is 25.0 Å². The Hall–Kier alpha value is -3.35. The van der Waals surface area contributed by atoms with Crippen molar-refractivity contribution in [3.05, 3.63) is 63.7 Å². The van der Waals surface area contributed by atoms with E-state index in [4.69, 9.17) is 9.53 Å². The molecule has 1 aliphatic heterocycles. The third-order valence-electron chi connectivity index (χ3n) is 3.25. The maximum atomic E-state index is 10.9. The molecule has 0 bridgehead atoms. The first-order chi connectivity index (χ1) is 11.1. The Kier molecular flexibility index (Phi) is 4.61. The van der Waals surface area contributed by atoms with Crippen molar-refractivity contribution in [2.45, 2.75) is 6.42 Å². The molecule has 0 atom stereocenters. The lowest BCUT2D eigenvalue weighted by atomic mass is 10.0. The van der Waals surface area contributed by atoms with Crippen molar-refractivity contribution in [2.75, 3.05) is 0 Å². The van der Waals surface area contributed by atoms with E-state index in [0.29, 0.717) is 23.5 Å². The van der Waals surface area contributed by atoms with Gasteiger partial charge >= 0.3 is 5.69 Å². The molecule has 2 aromatic rings. The number of hydrogen-bond donors (Lipinski definition) is 2. The highest BCUT2D eigenvalue weighted by Crippen LogP contribution is 2.39. The van der Waals surface area contributed by atoms with Crippen molar-refractivity contribution >= 4 is 18.2 Å². The Balaban J connectivity index is 0.000000924. The average molecular weight is 315 g/mol. The van der Waals surface area contributed by atoms with Crippen LogP contribution in [0.15, 0.2) is 42.5 Å². The lowest BCUT2D eigenvalue weighted by molar-refractivity contribution is -0.386. The van der Waals surface area contributed by atoms with Crippen LogP contribution in [-0.4, -0.2) is 21.9 Å². The van der Waals surface area contributed by atoms with Crippen LogP contribution >= 0.6 is 0 Å². The molecule has 0 unspecified atom stereocenters. The second kappa shape index (κ2) is 6.61. The van der Waals surface area contributed by atoms with Gasteiger partial charge in [-0.15, -0.1) is 0 Å². The van der Waals surface area contributed by atoms with E-state index in [9.17, 15) is 20.3 Å². The van der Waals surface area contributed by atoms with Gasteiger partial charge in [-0.3, -0.25) is 10.1 Å². The second-order valence-electron chi connectivity index (χ2n) is 4.60. The van der Waals surface area contributed by atoms with E-state index in [2.05, 4.69) is 0 Å². The van der Waals surface area contributed by atoms with E-state index in [1.165, 1.54) is 12.1 Å². The lowest BCUT2D eigenvalue weighted by Crippen LogP contribution is -2.04. The molecule has 0 saturated heterocycles. The first-order valence-corrected chi connectivity index (χ1v) is 6.52. The molecule has 7 heteroatoms. The number of ether oxygens (including phenoxy) is 1. The number of allylic oxidation sites excluding steroid dienone is 1. The van der Waals surface area contributed by atoms with Crippen molar-refractivity contribution in [1.29, 1.82) is 0 Å². The molecule has 0 aliphatic carbocycles. The van der Waals surface area contributed by atoms with Crippen LogP contribution in [0.25, 0.3) is 5.76 Å². The molecular weight excluding hydrogens is 302 g/mol. The summed E-state index contributed by atoms with van der Waals surface area (Å²) in [5.74, 6) is -0.222. The fraction of sp³-hybridized carbons (Fsp3) is 0.0625. The van der Waals surface area contributed by atoms with Gasteiger partial charge in [-0.1, -0.05) is 18.2 Å². The van der Waals surface area contributed by atoms with Crippen molar-refractivity contribution in [1.82, 2.24) is 0 Å². The summed E-state index contributed by atoms with van der Waals surface area (Å²) in [5, 5.41) is 30.0. The van der Waals surface area contributed by atoms with Crippen LogP contribution < -0.4 is 4.74 Å². The van der Waals surface area contributed by atoms with Crippen LogP contribution in [0.3, 0.4) is 0 Å². The smallest absolute Gasteiger partial charge is 0.315 e. The van der Waals surface area contributed by atoms with Crippen LogP contribution in [-0.2, 0) is 11.2 Å². The number of phenols is 2. The highest BCUT2D eigenvalue weighted by atomic mass is 16.6. The number of nitro groups is 1. The number of benzene rings is 2. The van der Waals surface area contributed by atoms with Gasteiger partial charge in [-0.05, 0) is 30.2 Å². The fourth-order valence-electron chi connectivity index (χ4n) is 2.20. The van der Waals surface area contributed by atoms with E-state index in [-0.39, 0.29) is 0 Å². The molecule has 0 amide bonds. The van der Waals surface area contributed by atoms with Gasteiger partial charge in [0, 0.05) is 11.6 Å². The number of aromatic hydroxyl groups is 2. The zero-order chi connectivity index (χ0) is 17.0. The average Bonchev–Trinajstić information content (AvgIpc) is 2.58. The van der Waals surface area contributed by atoms with Crippen molar-refractivity contribution < 1.29 is 24.7 Å². The van der Waals surface area contributed by atoms with Crippen LogP contribution in [0.4, 0.5) is 5.69 Å². The van der Waals surface area contributed by atoms with Crippen molar-refractivity contribution in [3.63, 3.8) is 0 Å². The molecule has 7 nitrogen and oxygen atoms in total. The fourth-order valence-corrected chi connectivity index (χ4v) is 2.20. The first kappa shape index (κ1) is 16.0. The molecule has 118 valence electrons. The van der Waals surface area contributed by atoms with E-state index in [0.717, 1.165) is 5.56 Å². The molecule has 1 aliphatic rings. The number of hydrogen-bond acceptors (Lipinski definition) is 6. The third kappa shape index (κ3) is 3.13. The molecule has 0 spiro atoms. The largest absolute Gasteiger partial charge is 0.504 e. The number of fused-ring (bicyclic) bond motifs is 1. The Labute approximate surface area is 131 Å². The standard InChI is InChI=1S/C15H11NO5.CH2O/c17-12-8-10(7-11(15(12)18)16(19)20)14-6-5-9-3-1-2-4-13(9)21-14;1-2/h1-4,6-8,17-18H,5H2;1H2. The highest BCUT2D eigenvalue weighted by Gasteiger charge is 2.22. The predicted octanol–water partition coefficient (Wildman–Crippen LogP) is 2.80. The summed E-state index contributed by atoms with van der Waals surface area (Å²) < 4.78 is 5.69. The summed E-state index contributed by atoms with van der Waals surface area (Å²) >= 11 is 0. The van der Waals surface area contributed by atoms with Gasteiger partial charge < -0.3 is 19.7 Å². The van der Waals surface area contributed by atoms with Gasteiger partial charge in [0.1, 0.15) is 18.3 Å². The molecule has 0 aromatic heterocycles. The number of carbonyl (C=O) groups is 1. The van der Waals surface area contributed by atoms with Gasteiger partial charge in [0.15, 0.2) is 5.75 Å². The number of phenolic OH excluding ortho intramolecular Hbond substituents is 2. The van der Waals surface area contributed by atoms with Crippen molar-refractivity contribution in [3.8, 4) is 17.2 Å². The van der Waals surface area contributed by atoms with Crippen LogP contribution in [0.1, 0.15) is 11.1 Å². The van der Waals surface area contributed by atoms with Gasteiger partial charge in [0.05, 0.1) is 4.92 Å². The number of carbonyl (C=O) groups excluding carboxylic acids is 1. The Morgan fingerprint density at radius 3 is 2.57 bits per heavy atom. The molecular formula is C16H13NO6. The zero-order valence-electron chi connectivity index (χ0n) is 11.9. The van der Waals surface area contributed by atoms with Gasteiger partial charge in [-0.2, -0.15) is 0 Å². The van der Waals surface area contributed by atoms with Crippen LogP contribution in [0, 0.1) is 10.1 Å². The quantitative estimate of drug-likeness (QED) is 0.501. The topological polar surface area (TPSA) is 110 Å². The maximum absolute atomic E-state index is 10.9. The monoisotopic (exact) mass is 315 g/mol. The molecule has 0 fully saturated rings. The van der Waals surface area contributed by atoms with E-state index >= 15 is 0 Å². The van der Waals surface area contributed by atoms with Crippen molar-refractivity contribution in [2.24, 2.45) is 0 Å². The maximum Gasteiger partial charge on any atom is 0.315 e. The molecule has 3 rings (SSSR count). The highest BCUT2D eigenvalue weighted by molar-refractivity contribution is 5.71. The molecule has 2 N–H and O–H groups in total. The molecule has 0 saturated carbocycles. The normalized spacial score (nSPS) is 12.1. The molecule has 1 heterocycles. The van der Waals surface area contributed by atoms with Gasteiger partial charge in [-0.25, -0.2) is 0 Å². The summed E-state index contributed by atoms with van der Waals surface area (Å²) in [6, 6.07) is 9.88.